The van der Waals surface area contributed by atoms with Gasteiger partial charge in [-0.1, -0.05) is 0 Å². The van der Waals surface area contributed by atoms with Crippen LogP contribution in [0.4, 0.5) is 0 Å². The Bertz CT molecular complexity index is 852. The van der Waals surface area contributed by atoms with Gasteiger partial charge in [0.15, 0.2) is 11.5 Å². The Morgan fingerprint density at radius 3 is 3.04 bits per heavy atom. The fourth-order valence-electron chi connectivity index (χ4n) is 2.44. The molecule has 0 saturated carbocycles. The molecule has 0 aliphatic carbocycles. The average molecular weight is 360 g/mol. The summed E-state index contributed by atoms with van der Waals surface area (Å²) in [6, 6.07) is 5.50. The predicted octanol–water partition coefficient (Wildman–Crippen LogP) is 2.18. The summed E-state index contributed by atoms with van der Waals surface area (Å²) in [4.78, 5) is 14.7. The maximum absolute atomic E-state index is 12.5. The number of amides is 1. The highest BCUT2D eigenvalue weighted by Gasteiger charge is 2.19. The number of carbonyl (C=O) groups is 1. The van der Waals surface area contributed by atoms with Gasteiger partial charge in [0.1, 0.15) is 6.33 Å². The van der Waals surface area contributed by atoms with Crippen molar-refractivity contribution >= 4 is 17.2 Å². The first-order valence-electron chi connectivity index (χ1n) is 7.88. The molecule has 2 N–H and O–H groups in total. The van der Waals surface area contributed by atoms with Gasteiger partial charge < -0.3 is 14.6 Å². The predicted molar refractivity (Wildman–Crippen MR) is 94.4 cm³/mol. The van der Waals surface area contributed by atoms with E-state index in [1.54, 1.807) is 30.8 Å². The molecule has 0 aromatic carbocycles. The van der Waals surface area contributed by atoms with Crippen LogP contribution in [0.2, 0.25) is 0 Å². The zero-order chi connectivity index (χ0) is 17.8. The minimum absolute atomic E-state index is 0.260. The highest BCUT2D eigenvalue weighted by molar-refractivity contribution is 7.15. The summed E-state index contributed by atoms with van der Waals surface area (Å²) in [5.74, 6) is 0.416. The second-order valence-corrected chi connectivity index (χ2v) is 6.94. The van der Waals surface area contributed by atoms with Gasteiger partial charge in [0.05, 0.1) is 23.2 Å². The number of rotatable bonds is 7. The van der Waals surface area contributed by atoms with E-state index in [2.05, 4.69) is 25.7 Å². The minimum atomic E-state index is -0.295. The molecule has 8 nitrogen and oxygen atoms in total. The average Bonchev–Trinajstić information content (AvgIpc) is 3.32. The summed E-state index contributed by atoms with van der Waals surface area (Å²) in [6.45, 7) is 5.08. The quantitative estimate of drug-likeness (QED) is 0.673. The lowest BCUT2D eigenvalue weighted by molar-refractivity contribution is 0.0932. The third-order valence-electron chi connectivity index (χ3n) is 3.73. The molecule has 0 unspecified atom stereocenters. The molecular weight excluding hydrogens is 340 g/mol. The lowest BCUT2D eigenvalue weighted by Gasteiger charge is -2.13. The van der Waals surface area contributed by atoms with Crippen LogP contribution in [-0.4, -0.2) is 44.6 Å². The Balaban J connectivity index is 1.68. The van der Waals surface area contributed by atoms with Crippen LogP contribution in [0, 0.1) is 6.92 Å². The summed E-state index contributed by atoms with van der Waals surface area (Å²) < 4.78 is 6.93. The van der Waals surface area contributed by atoms with Gasteiger partial charge in [-0.3, -0.25) is 9.89 Å². The molecule has 1 amide bonds. The Labute approximate surface area is 149 Å². The van der Waals surface area contributed by atoms with E-state index in [1.807, 2.05) is 30.5 Å². The Morgan fingerprint density at radius 2 is 2.32 bits per heavy atom. The molecule has 1 atom stereocenters. The van der Waals surface area contributed by atoms with Crippen LogP contribution in [0.5, 0.6) is 0 Å². The zero-order valence-electron chi connectivity index (χ0n) is 14.3. The molecule has 0 aliphatic heterocycles. The van der Waals surface area contributed by atoms with Crippen molar-refractivity contribution in [1.29, 1.82) is 0 Å². The standard InChI is InChI=1S/C16H20N6O2S/c1-10-4-5-14(25-10)12-8-13(20-19-12)16(23)18-11(2)15-21-17-9-22(15)6-7-24-3/h4-5,8-9,11H,6-7H2,1-3H3,(H,18,23)(H,19,20)/t11-/m1/s1. The van der Waals surface area contributed by atoms with E-state index >= 15 is 0 Å². The number of nitrogens with zero attached hydrogens (tertiary/aromatic N) is 4. The van der Waals surface area contributed by atoms with Crippen molar-refractivity contribution in [1.82, 2.24) is 30.3 Å². The molecule has 0 bridgehead atoms. The molecule has 3 heterocycles. The van der Waals surface area contributed by atoms with Crippen LogP contribution in [0.25, 0.3) is 10.6 Å². The number of hydrogen-bond donors (Lipinski definition) is 2. The first-order chi connectivity index (χ1) is 12.1. The number of aromatic nitrogens is 5. The van der Waals surface area contributed by atoms with Crippen LogP contribution < -0.4 is 5.32 Å². The summed E-state index contributed by atoms with van der Waals surface area (Å²) >= 11 is 1.65. The third-order valence-corrected chi connectivity index (χ3v) is 4.77. The van der Waals surface area contributed by atoms with E-state index in [0.29, 0.717) is 24.7 Å². The summed E-state index contributed by atoms with van der Waals surface area (Å²) in [5.41, 5.74) is 1.18. The van der Waals surface area contributed by atoms with Gasteiger partial charge in [0.25, 0.3) is 5.91 Å². The van der Waals surface area contributed by atoms with Crippen molar-refractivity contribution in [3.05, 3.63) is 40.9 Å². The fourth-order valence-corrected chi connectivity index (χ4v) is 3.27. The van der Waals surface area contributed by atoms with E-state index in [9.17, 15) is 4.79 Å². The van der Waals surface area contributed by atoms with Crippen molar-refractivity contribution in [2.45, 2.75) is 26.4 Å². The van der Waals surface area contributed by atoms with E-state index < -0.39 is 0 Å². The molecule has 0 radical (unpaired) electrons. The fraction of sp³-hybridized carbons (Fsp3) is 0.375. The number of carbonyl (C=O) groups excluding carboxylic acids is 1. The molecular formula is C16H20N6O2S. The van der Waals surface area contributed by atoms with Crippen LogP contribution >= 0.6 is 11.3 Å². The highest BCUT2D eigenvalue weighted by atomic mass is 32.1. The molecule has 9 heteroatoms. The summed E-state index contributed by atoms with van der Waals surface area (Å²) in [7, 11) is 1.64. The second kappa shape index (κ2) is 7.58. The summed E-state index contributed by atoms with van der Waals surface area (Å²) in [6.07, 6.45) is 1.63. The molecule has 3 aromatic rings. The number of hydrogen-bond acceptors (Lipinski definition) is 6. The van der Waals surface area contributed by atoms with E-state index in [1.165, 1.54) is 4.88 Å². The topological polar surface area (TPSA) is 97.7 Å². The van der Waals surface area contributed by atoms with Gasteiger partial charge in [-0.2, -0.15) is 5.10 Å². The molecule has 0 saturated heterocycles. The van der Waals surface area contributed by atoms with Gasteiger partial charge in [-0.25, -0.2) is 0 Å². The molecule has 0 fully saturated rings. The van der Waals surface area contributed by atoms with Crippen LogP contribution in [0.3, 0.4) is 0 Å². The van der Waals surface area contributed by atoms with Gasteiger partial charge in [0, 0.05) is 18.5 Å². The molecule has 3 rings (SSSR count). The smallest absolute Gasteiger partial charge is 0.272 e. The first kappa shape index (κ1) is 17.3. The van der Waals surface area contributed by atoms with Crippen molar-refractivity contribution in [3.8, 4) is 10.6 Å². The number of aromatic amines is 1. The number of nitrogens with one attached hydrogen (secondary N) is 2. The molecule has 0 spiro atoms. The number of ether oxygens (including phenoxy) is 1. The normalized spacial score (nSPS) is 12.3. The number of H-pyrrole nitrogens is 1. The minimum Gasteiger partial charge on any atom is -0.383 e. The SMILES string of the molecule is COCCn1cnnc1[C@@H](C)NC(=O)c1cc(-c2ccc(C)s2)[nH]n1. The van der Waals surface area contributed by atoms with E-state index in [4.69, 9.17) is 4.74 Å². The molecule has 132 valence electrons. The van der Waals surface area contributed by atoms with Gasteiger partial charge in [-0.15, -0.1) is 21.5 Å². The third kappa shape index (κ3) is 3.94. The van der Waals surface area contributed by atoms with Crippen molar-refractivity contribution < 1.29 is 9.53 Å². The van der Waals surface area contributed by atoms with Gasteiger partial charge in [-0.05, 0) is 32.0 Å². The molecule has 0 aliphatic rings. The maximum atomic E-state index is 12.5. The van der Waals surface area contributed by atoms with Crippen LogP contribution in [0.1, 0.15) is 34.2 Å². The second-order valence-electron chi connectivity index (χ2n) is 5.65. The van der Waals surface area contributed by atoms with Gasteiger partial charge in [0.2, 0.25) is 0 Å². The lowest BCUT2D eigenvalue weighted by Crippen LogP contribution is -2.29. The van der Waals surface area contributed by atoms with Crippen LogP contribution in [0.15, 0.2) is 24.5 Å². The van der Waals surface area contributed by atoms with Crippen molar-refractivity contribution in [2.24, 2.45) is 0 Å². The Kier molecular flexibility index (Phi) is 5.25. The van der Waals surface area contributed by atoms with Crippen LogP contribution in [-0.2, 0) is 11.3 Å². The Morgan fingerprint density at radius 1 is 1.48 bits per heavy atom. The summed E-state index contributed by atoms with van der Waals surface area (Å²) in [5, 5.41) is 17.9. The zero-order valence-corrected chi connectivity index (χ0v) is 15.1. The number of thiophene rings is 1. The maximum Gasteiger partial charge on any atom is 0.272 e. The lowest BCUT2D eigenvalue weighted by atomic mass is 10.2. The van der Waals surface area contributed by atoms with Crippen molar-refractivity contribution in [2.75, 3.05) is 13.7 Å². The number of methoxy groups -OCH3 is 1. The molecule has 3 aromatic heterocycles. The molecule has 25 heavy (non-hydrogen) atoms. The largest absolute Gasteiger partial charge is 0.383 e. The van der Waals surface area contributed by atoms with Crippen molar-refractivity contribution in [3.63, 3.8) is 0 Å². The first-order valence-corrected chi connectivity index (χ1v) is 8.70. The van der Waals surface area contributed by atoms with Gasteiger partial charge >= 0.3 is 0 Å². The van der Waals surface area contributed by atoms with E-state index in [-0.39, 0.29) is 11.9 Å². The Hall–Kier alpha value is -2.52. The number of aryl methyl sites for hydroxylation is 1. The highest BCUT2D eigenvalue weighted by Crippen LogP contribution is 2.26. The monoisotopic (exact) mass is 360 g/mol. The van der Waals surface area contributed by atoms with E-state index in [0.717, 1.165) is 10.6 Å².